The van der Waals surface area contributed by atoms with Crippen molar-refractivity contribution in [1.82, 2.24) is 9.97 Å². The molecule has 0 aliphatic rings. The summed E-state index contributed by atoms with van der Waals surface area (Å²) in [6, 6.07) is 10.9. The highest BCUT2D eigenvalue weighted by Crippen LogP contribution is 2.20. The van der Waals surface area contributed by atoms with E-state index in [-0.39, 0.29) is 5.22 Å². The van der Waals surface area contributed by atoms with Crippen molar-refractivity contribution in [2.75, 3.05) is 11.5 Å². The molecule has 0 aliphatic heterocycles. The van der Waals surface area contributed by atoms with Gasteiger partial charge in [0.2, 0.25) is 0 Å². The molecule has 0 bridgehead atoms. The Morgan fingerprint density at radius 2 is 2.15 bits per heavy atom. The smallest absolute Gasteiger partial charge is 0.287 e. The van der Waals surface area contributed by atoms with Crippen LogP contribution >= 0.6 is 0 Å². The Kier molecular flexibility index (Phi) is 3.47. The number of anilines is 1. The Hall–Kier alpha value is -2.21. The average molecular weight is 287 g/mol. The number of nitrogen functional groups attached to an aromatic ring is 1. The molecule has 3 rings (SSSR count). The van der Waals surface area contributed by atoms with Crippen molar-refractivity contribution in [3.63, 3.8) is 0 Å². The summed E-state index contributed by atoms with van der Waals surface area (Å²) in [5.74, 6) is 0.430. The second-order valence-electron chi connectivity index (χ2n) is 4.33. The Labute approximate surface area is 118 Å². The maximum atomic E-state index is 12.2. The van der Waals surface area contributed by atoms with Gasteiger partial charge in [0.05, 0.1) is 0 Å². The zero-order valence-corrected chi connectivity index (χ0v) is 11.5. The fraction of sp³-hybridized carbons (Fsp3) is 0.143. The summed E-state index contributed by atoms with van der Waals surface area (Å²) in [6.45, 7) is 0. The molecular weight excluding hydrogens is 274 g/mol. The summed E-state index contributed by atoms with van der Waals surface area (Å²) in [4.78, 5) is 8.42. The van der Waals surface area contributed by atoms with E-state index in [0.29, 0.717) is 29.0 Å². The van der Waals surface area contributed by atoms with Crippen molar-refractivity contribution in [3.05, 3.63) is 48.3 Å². The standard InChI is InChI=1S/C14H13N3O2S/c15-10-4-5-12-13(9-10)19-14(17-12)20(18)8-6-11-3-1-2-7-16-11/h1-5,7,9H,6,8,15H2. The number of pyridine rings is 1. The molecule has 0 saturated carbocycles. The number of nitrogens with zero attached hydrogens (tertiary/aromatic N) is 2. The van der Waals surface area contributed by atoms with E-state index >= 15 is 0 Å². The minimum absolute atomic E-state index is 0.238. The molecule has 20 heavy (non-hydrogen) atoms. The first-order valence-electron chi connectivity index (χ1n) is 6.17. The number of aryl methyl sites for hydroxylation is 1. The van der Waals surface area contributed by atoms with Gasteiger partial charge in [-0.2, -0.15) is 0 Å². The predicted octanol–water partition coefficient (Wildman–Crippen LogP) is 2.16. The van der Waals surface area contributed by atoms with E-state index in [1.54, 1.807) is 24.4 Å². The summed E-state index contributed by atoms with van der Waals surface area (Å²) in [7, 11) is -1.28. The van der Waals surface area contributed by atoms with E-state index in [1.807, 2.05) is 18.2 Å². The van der Waals surface area contributed by atoms with Crippen molar-refractivity contribution in [2.24, 2.45) is 0 Å². The average Bonchev–Trinajstić information content (AvgIpc) is 2.89. The number of rotatable bonds is 4. The fourth-order valence-electron chi connectivity index (χ4n) is 1.85. The van der Waals surface area contributed by atoms with Crippen LogP contribution in [-0.4, -0.2) is 19.9 Å². The number of hydrogen-bond acceptors (Lipinski definition) is 5. The number of aromatic nitrogens is 2. The van der Waals surface area contributed by atoms with E-state index in [9.17, 15) is 4.21 Å². The molecule has 0 amide bonds. The predicted molar refractivity (Wildman–Crippen MR) is 77.6 cm³/mol. The van der Waals surface area contributed by atoms with Crippen LogP contribution in [0.3, 0.4) is 0 Å². The first kappa shape index (κ1) is 12.8. The molecule has 0 radical (unpaired) electrons. The lowest BCUT2D eigenvalue weighted by molar-refractivity contribution is 0.477. The number of oxazole rings is 1. The maximum Gasteiger partial charge on any atom is 0.287 e. The third-order valence-electron chi connectivity index (χ3n) is 2.86. The van der Waals surface area contributed by atoms with Gasteiger partial charge in [-0.1, -0.05) is 6.07 Å². The molecule has 0 saturated heterocycles. The highest BCUT2D eigenvalue weighted by atomic mass is 32.2. The van der Waals surface area contributed by atoms with Crippen molar-refractivity contribution >= 4 is 27.6 Å². The first-order valence-corrected chi connectivity index (χ1v) is 7.48. The molecule has 0 spiro atoms. The van der Waals surface area contributed by atoms with Crippen LogP contribution in [0.4, 0.5) is 5.69 Å². The molecule has 1 unspecified atom stereocenters. The van der Waals surface area contributed by atoms with Crippen LogP contribution in [0.1, 0.15) is 5.69 Å². The summed E-state index contributed by atoms with van der Waals surface area (Å²) in [6.07, 6.45) is 2.34. The summed E-state index contributed by atoms with van der Waals surface area (Å²) in [5, 5.41) is 0.238. The molecule has 1 atom stereocenters. The SMILES string of the molecule is Nc1ccc2nc(S(=O)CCc3ccccn3)oc2c1. The minimum Gasteiger partial charge on any atom is -0.430 e. The van der Waals surface area contributed by atoms with Gasteiger partial charge in [-0.05, 0) is 24.3 Å². The fourth-order valence-corrected chi connectivity index (χ4v) is 2.80. The lowest BCUT2D eigenvalue weighted by Gasteiger charge is -1.97. The normalized spacial score (nSPS) is 12.6. The van der Waals surface area contributed by atoms with Gasteiger partial charge in [0, 0.05) is 35.8 Å². The topological polar surface area (TPSA) is 82.0 Å². The second kappa shape index (κ2) is 5.42. The third kappa shape index (κ3) is 2.70. The van der Waals surface area contributed by atoms with Crippen molar-refractivity contribution in [1.29, 1.82) is 0 Å². The number of hydrogen-bond donors (Lipinski definition) is 1. The van der Waals surface area contributed by atoms with Crippen LogP contribution < -0.4 is 5.73 Å². The van der Waals surface area contributed by atoms with Crippen LogP contribution in [0.5, 0.6) is 0 Å². The van der Waals surface area contributed by atoms with Crippen molar-refractivity contribution in [3.8, 4) is 0 Å². The molecule has 2 aromatic heterocycles. The molecule has 1 aromatic carbocycles. The van der Waals surface area contributed by atoms with E-state index in [4.69, 9.17) is 10.2 Å². The highest BCUT2D eigenvalue weighted by Gasteiger charge is 2.13. The van der Waals surface area contributed by atoms with Crippen molar-refractivity contribution < 1.29 is 8.63 Å². The van der Waals surface area contributed by atoms with Crippen LogP contribution in [0.25, 0.3) is 11.1 Å². The Morgan fingerprint density at radius 1 is 1.25 bits per heavy atom. The van der Waals surface area contributed by atoms with Gasteiger partial charge < -0.3 is 10.2 Å². The van der Waals surface area contributed by atoms with Gasteiger partial charge in [-0.3, -0.25) is 4.98 Å². The molecule has 3 aromatic rings. The van der Waals surface area contributed by atoms with Crippen LogP contribution in [-0.2, 0) is 17.2 Å². The Morgan fingerprint density at radius 3 is 2.95 bits per heavy atom. The van der Waals surface area contributed by atoms with Gasteiger partial charge in [-0.15, -0.1) is 0 Å². The van der Waals surface area contributed by atoms with E-state index < -0.39 is 10.8 Å². The minimum atomic E-state index is -1.28. The van der Waals surface area contributed by atoms with Gasteiger partial charge in [0.25, 0.3) is 5.22 Å². The van der Waals surface area contributed by atoms with E-state index in [0.717, 1.165) is 5.69 Å². The lowest BCUT2D eigenvalue weighted by Crippen LogP contribution is -2.03. The molecule has 0 aliphatic carbocycles. The van der Waals surface area contributed by atoms with Crippen molar-refractivity contribution in [2.45, 2.75) is 11.6 Å². The molecular formula is C14H13N3O2S. The van der Waals surface area contributed by atoms with Gasteiger partial charge in [0.15, 0.2) is 5.58 Å². The van der Waals surface area contributed by atoms with Gasteiger partial charge in [0.1, 0.15) is 16.3 Å². The quantitative estimate of drug-likeness (QED) is 0.743. The monoisotopic (exact) mass is 287 g/mol. The molecule has 5 nitrogen and oxygen atoms in total. The zero-order valence-electron chi connectivity index (χ0n) is 10.7. The largest absolute Gasteiger partial charge is 0.430 e. The van der Waals surface area contributed by atoms with Crippen LogP contribution in [0.2, 0.25) is 0 Å². The summed E-state index contributed by atoms with van der Waals surface area (Å²) in [5.41, 5.74) is 8.40. The lowest BCUT2D eigenvalue weighted by atomic mass is 10.3. The summed E-state index contributed by atoms with van der Waals surface area (Å²) < 4.78 is 17.7. The maximum absolute atomic E-state index is 12.2. The van der Waals surface area contributed by atoms with Crippen LogP contribution in [0, 0.1) is 0 Å². The second-order valence-corrected chi connectivity index (χ2v) is 5.78. The number of nitrogens with two attached hydrogens (primary N) is 1. The number of benzene rings is 1. The third-order valence-corrected chi connectivity index (χ3v) is 4.00. The van der Waals surface area contributed by atoms with Gasteiger partial charge >= 0.3 is 0 Å². The molecule has 0 fully saturated rings. The molecule has 2 N–H and O–H groups in total. The van der Waals surface area contributed by atoms with Crippen LogP contribution in [0.15, 0.2) is 52.2 Å². The highest BCUT2D eigenvalue weighted by molar-refractivity contribution is 7.84. The first-order chi connectivity index (χ1) is 9.72. The molecule has 6 heteroatoms. The zero-order chi connectivity index (χ0) is 13.9. The van der Waals surface area contributed by atoms with E-state index in [2.05, 4.69) is 9.97 Å². The molecule has 102 valence electrons. The summed E-state index contributed by atoms with van der Waals surface area (Å²) >= 11 is 0. The molecule has 2 heterocycles. The van der Waals surface area contributed by atoms with Gasteiger partial charge in [-0.25, -0.2) is 9.19 Å². The Bertz CT molecular complexity index is 755. The number of fused-ring (bicyclic) bond motifs is 1. The van der Waals surface area contributed by atoms with E-state index in [1.165, 1.54) is 0 Å². The Balaban J connectivity index is 1.75.